The largest absolute Gasteiger partial charge is 0.501 e. The summed E-state index contributed by atoms with van der Waals surface area (Å²) in [6, 6.07) is 5.62. The van der Waals surface area contributed by atoms with E-state index < -0.39 is 41.8 Å². The number of esters is 1. The SMILES string of the molecule is COC1C(C(F)(F)F)C(=O)[C@H](CNc2ccc(C)c(C)c2)[C@H]1C/C=C\OCCC(=O)OCCO. The lowest BCUT2D eigenvalue weighted by molar-refractivity contribution is -0.199. The number of carbonyl (C=O) groups excluding carboxylic acids is 2. The Kier molecular flexibility index (Phi) is 10.4. The van der Waals surface area contributed by atoms with Crippen molar-refractivity contribution in [3.05, 3.63) is 41.7 Å². The molecule has 190 valence electrons. The van der Waals surface area contributed by atoms with Gasteiger partial charge in [0.05, 0.1) is 32.0 Å². The number of allylic oxidation sites excluding steroid dienone is 1. The van der Waals surface area contributed by atoms with Gasteiger partial charge in [-0.25, -0.2) is 0 Å². The highest BCUT2D eigenvalue weighted by molar-refractivity contribution is 5.88. The van der Waals surface area contributed by atoms with E-state index in [0.29, 0.717) is 0 Å². The quantitative estimate of drug-likeness (QED) is 0.264. The van der Waals surface area contributed by atoms with Crippen molar-refractivity contribution in [2.45, 2.75) is 39.0 Å². The fourth-order valence-electron chi connectivity index (χ4n) is 4.09. The van der Waals surface area contributed by atoms with Crippen LogP contribution >= 0.6 is 0 Å². The molecule has 1 saturated carbocycles. The normalized spacial score (nSPS) is 22.9. The van der Waals surface area contributed by atoms with Gasteiger partial charge >= 0.3 is 12.1 Å². The molecular weight excluding hydrogens is 455 g/mol. The van der Waals surface area contributed by atoms with Crippen LogP contribution in [0.2, 0.25) is 0 Å². The number of alkyl halides is 3. The molecule has 0 bridgehead atoms. The maximum absolute atomic E-state index is 13.7. The monoisotopic (exact) mass is 487 g/mol. The number of Topliss-reactive ketones (excluding diaryl/α,β-unsaturated/α-hetero) is 1. The molecule has 2 N–H and O–H groups in total. The molecule has 1 aromatic rings. The van der Waals surface area contributed by atoms with Gasteiger partial charge in [0.1, 0.15) is 12.5 Å². The van der Waals surface area contributed by atoms with Gasteiger partial charge in [0.15, 0.2) is 5.78 Å². The summed E-state index contributed by atoms with van der Waals surface area (Å²) in [5.41, 5.74) is 2.84. The number of anilines is 1. The van der Waals surface area contributed by atoms with Gasteiger partial charge in [-0.15, -0.1) is 0 Å². The zero-order valence-electron chi connectivity index (χ0n) is 19.6. The molecule has 2 rings (SSSR count). The zero-order valence-corrected chi connectivity index (χ0v) is 19.6. The molecule has 2 unspecified atom stereocenters. The molecule has 4 atom stereocenters. The number of hydrogen-bond acceptors (Lipinski definition) is 7. The number of benzene rings is 1. The first-order valence-corrected chi connectivity index (χ1v) is 11.1. The van der Waals surface area contributed by atoms with Crippen molar-refractivity contribution >= 4 is 17.4 Å². The van der Waals surface area contributed by atoms with Crippen molar-refractivity contribution < 1.29 is 42.1 Å². The fourth-order valence-corrected chi connectivity index (χ4v) is 4.09. The number of aliphatic hydroxyl groups excluding tert-OH is 1. The molecule has 1 aliphatic carbocycles. The van der Waals surface area contributed by atoms with Gasteiger partial charge in [0, 0.05) is 31.2 Å². The van der Waals surface area contributed by atoms with Crippen molar-refractivity contribution in [2.24, 2.45) is 17.8 Å². The van der Waals surface area contributed by atoms with Gasteiger partial charge in [-0.1, -0.05) is 6.07 Å². The molecular formula is C24H32F3NO6. The topological polar surface area (TPSA) is 94.1 Å². The van der Waals surface area contributed by atoms with E-state index in [0.717, 1.165) is 16.8 Å². The first kappa shape index (κ1) is 27.7. The minimum absolute atomic E-state index is 0.0149. The lowest BCUT2D eigenvalue weighted by Crippen LogP contribution is -2.37. The minimum Gasteiger partial charge on any atom is -0.501 e. The first-order valence-electron chi connectivity index (χ1n) is 11.1. The van der Waals surface area contributed by atoms with Crippen molar-refractivity contribution in [1.82, 2.24) is 0 Å². The highest BCUT2D eigenvalue weighted by Crippen LogP contribution is 2.45. The van der Waals surface area contributed by atoms with Crippen molar-refractivity contribution in [3.63, 3.8) is 0 Å². The predicted molar refractivity (Wildman–Crippen MR) is 119 cm³/mol. The van der Waals surface area contributed by atoms with Crippen molar-refractivity contribution in [1.29, 1.82) is 0 Å². The van der Waals surface area contributed by atoms with E-state index in [1.54, 1.807) is 0 Å². The van der Waals surface area contributed by atoms with Gasteiger partial charge < -0.3 is 24.6 Å². The minimum atomic E-state index is -4.71. The van der Waals surface area contributed by atoms with Gasteiger partial charge in [-0.05, 0) is 49.6 Å². The van der Waals surface area contributed by atoms with Crippen LogP contribution in [0.4, 0.5) is 18.9 Å². The number of carbonyl (C=O) groups is 2. The first-order chi connectivity index (χ1) is 16.1. The number of ketones is 1. The van der Waals surface area contributed by atoms with E-state index in [1.807, 2.05) is 32.0 Å². The molecule has 0 saturated heterocycles. The average Bonchev–Trinajstić information content (AvgIpc) is 3.06. The van der Waals surface area contributed by atoms with Gasteiger partial charge in [0.2, 0.25) is 0 Å². The Hall–Kier alpha value is -2.59. The van der Waals surface area contributed by atoms with E-state index in [4.69, 9.17) is 19.3 Å². The number of halogens is 3. The number of aliphatic hydroxyl groups is 1. The van der Waals surface area contributed by atoms with Crippen LogP contribution in [0.25, 0.3) is 0 Å². The van der Waals surface area contributed by atoms with Crippen LogP contribution in [0, 0.1) is 31.6 Å². The van der Waals surface area contributed by atoms with Crippen LogP contribution in [0.1, 0.15) is 24.0 Å². The Morgan fingerprint density at radius 3 is 2.56 bits per heavy atom. The molecule has 0 amide bonds. The van der Waals surface area contributed by atoms with E-state index >= 15 is 0 Å². The molecule has 0 aromatic heterocycles. The number of hydrogen-bond donors (Lipinski definition) is 2. The maximum atomic E-state index is 13.7. The maximum Gasteiger partial charge on any atom is 0.401 e. The molecule has 10 heteroatoms. The van der Waals surface area contributed by atoms with Crippen molar-refractivity contribution in [2.75, 3.05) is 38.8 Å². The Morgan fingerprint density at radius 2 is 1.94 bits per heavy atom. The highest BCUT2D eigenvalue weighted by Gasteiger charge is 2.60. The fraction of sp³-hybridized carbons (Fsp3) is 0.583. The van der Waals surface area contributed by atoms with Crippen LogP contribution in [0.15, 0.2) is 30.5 Å². The van der Waals surface area contributed by atoms with Gasteiger partial charge in [-0.3, -0.25) is 9.59 Å². The van der Waals surface area contributed by atoms with E-state index in [2.05, 4.69) is 5.32 Å². The van der Waals surface area contributed by atoms with Crippen LogP contribution in [-0.2, 0) is 23.8 Å². The molecule has 0 heterocycles. The summed E-state index contributed by atoms with van der Waals surface area (Å²) in [5, 5.41) is 11.7. The Bertz CT molecular complexity index is 858. The summed E-state index contributed by atoms with van der Waals surface area (Å²) >= 11 is 0. The summed E-state index contributed by atoms with van der Waals surface area (Å²) in [5.74, 6) is -5.23. The predicted octanol–water partition coefficient (Wildman–Crippen LogP) is 3.57. The number of ether oxygens (including phenoxy) is 3. The standard InChI is InChI=1S/C24H32F3NO6/c1-15-6-7-17(13-16(15)2)28-14-19-18(23(32-3)21(22(19)31)24(25,26)27)5-4-10-33-11-8-20(30)34-12-9-29/h4,6-7,10,13,18-19,21,23,28-29H,5,8-9,11-12,14H2,1-3H3/b10-4-/t18-,19-,21?,23?/m1/s1. The molecule has 0 radical (unpaired) electrons. The summed E-state index contributed by atoms with van der Waals surface area (Å²) in [4.78, 5) is 24.2. The molecule has 1 aromatic carbocycles. The molecule has 34 heavy (non-hydrogen) atoms. The number of rotatable bonds is 12. The second-order valence-electron chi connectivity index (χ2n) is 8.24. The summed E-state index contributed by atoms with van der Waals surface area (Å²) in [7, 11) is 1.18. The Balaban J connectivity index is 2.05. The Morgan fingerprint density at radius 1 is 1.21 bits per heavy atom. The molecule has 0 spiro atoms. The van der Waals surface area contributed by atoms with Crippen LogP contribution in [0.3, 0.4) is 0 Å². The third kappa shape index (κ3) is 7.46. The van der Waals surface area contributed by atoms with Crippen molar-refractivity contribution in [3.8, 4) is 0 Å². The summed E-state index contributed by atoms with van der Waals surface area (Å²) < 4.78 is 56.1. The Labute approximate surface area is 197 Å². The number of aryl methyl sites for hydroxylation is 2. The van der Waals surface area contributed by atoms with Gasteiger partial charge in [-0.2, -0.15) is 13.2 Å². The second-order valence-corrected chi connectivity index (χ2v) is 8.24. The van der Waals surface area contributed by atoms with Crippen LogP contribution in [0.5, 0.6) is 0 Å². The molecule has 1 aliphatic rings. The third-order valence-corrected chi connectivity index (χ3v) is 5.98. The van der Waals surface area contributed by atoms with Gasteiger partial charge in [0.25, 0.3) is 0 Å². The van der Waals surface area contributed by atoms with Crippen LogP contribution < -0.4 is 5.32 Å². The summed E-state index contributed by atoms with van der Waals surface area (Å²) in [6.45, 7) is 3.58. The van der Waals surface area contributed by atoms with Crippen LogP contribution in [-0.4, -0.2) is 62.6 Å². The average molecular weight is 488 g/mol. The van der Waals surface area contributed by atoms with E-state index in [-0.39, 0.29) is 39.2 Å². The second kappa shape index (κ2) is 12.8. The summed E-state index contributed by atoms with van der Waals surface area (Å²) in [6.07, 6.45) is -3.09. The molecule has 1 fully saturated rings. The smallest absolute Gasteiger partial charge is 0.401 e. The van der Waals surface area contributed by atoms with E-state index in [1.165, 1.54) is 19.4 Å². The third-order valence-electron chi connectivity index (χ3n) is 5.98. The highest BCUT2D eigenvalue weighted by atomic mass is 19.4. The number of methoxy groups -OCH3 is 1. The zero-order chi connectivity index (χ0) is 25.3. The molecule has 7 nitrogen and oxygen atoms in total. The lowest BCUT2D eigenvalue weighted by Gasteiger charge is -2.24. The number of nitrogens with one attached hydrogen (secondary N) is 1. The lowest BCUT2D eigenvalue weighted by atomic mass is 9.90. The van der Waals surface area contributed by atoms with E-state index in [9.17, 15) is 22.8 Å². The molecule has 0 aliphatic heterocycles.